The van der Waals surface area contributed by atoms with Crippen LogP contribution in [0.25, 0.3) is 0 Å². The van der Waals surface area contributed by atoms with Crippen LogP contribution in [0, 0.1) is 5.41 Å². The molecule has 16 heavy (non-hydrogen) atoms. The lowest BCUT2D eigenvalue weighted by Gasteiger charge is -2.33. The first-order valence-electron chi connectivity index (χ1n) is 7.49. The maximum absolute atomic E-state index is 3.77. The van der Waals surface area contributed by atoms with Gasteiger partial charge in [-0.1, -0.05) is 46.5 Å². The Morgan fingerprint density at radius 2 is 1.56 bits per heavy atom. The van der Waals surface area contributed by atoms with Crippen LogP contribution in [-0.4, -0.2) is 12.6 Å². The fraction of sp³-hybridized carbons (Fsp3) is 1.00. The van der Waals surface area contributed by atoms with Crippen molar-refractivity contribution in [1.82, 2.24) is 5.32 Å². The molecule has 0 saturated heterocycles. The van der Waals surface area contributed by atoms with E-state index < -0.39 is 0 Å². The molecule has 1 aliphatic rings. The minimum Gasteiger partial charge on any atom is -0.313 e. The predicted molar refractivity (Wildman–Crippen MR) is 72.8 cm³/mol. The van der Waals surface area contributed by atoms with Gasteiger partial charge in [-0.05, 0) is 37.5 Å². The molecule has 0 spiro atoms. The molecule has 0 aromatic heterocycles. The number of unbranched alkanes of at least 4 members (excludes halogenated alkanes) is 2. The van der Waals surface area contributed by atoms with Crippen LogP contribution in [0.1, 0.15) is 78.6 Å². The van der Waals surface area contributed by atoms with Gasteiger partial charge in [-0.25, -0.2) is 0 Å². The van der Waals surface area contributed by atoms with E-state index in [9.17, 15) is 0 Å². The predicted octanol–water partition coefficient (Wildman–Crippen LogP) is 4.52. The van der Waals surface area contributed by atoms with Gasteiger partial charge in [0.1, 0.15) is 0 Å². The Labute approximate surface area is 102 Å². The lowest BCUT2D eigenvalue weighted by molar-refractivity contribution is 0.205. The van der Waals surface area contributed by atoms with Crippen LogP contribution in [0.3, 0.4) is 0 Å². The minimum atomic E-state index is 0.606. The van der Waals surface area contributed by atoms with Crippen molar-refractivity contribution < 1.29 is 0 Å². The van der Waals surface area contributed by atoms with Crippen LogP contribution >= 0.6 is 0 Å². The summed E-state index contributed by atoms with van der Waals surface area (Å²) in [4.78, 5) is 0. The van der Waals surface area contributed by atoms with Gasteiger partial charge in [-0.15, -0.1) is 0 Å². The van der Waals surface area contributed by atoms with Gasteiger partial charge in [-0.3, -0.25) is 0 Å². The molecule has 0 aliphatic heterocycles. The first-order chi connectivity index (χ1) is 7.76. The van der Waals surface area contributed by atoms with Gasteiger partial charge in [-0.2, -0.15) is 0 Å². The average molecular weight is 225 g/mol. The van der Waals surface area contributed by atoms with E-state index in [1.807, 2.05) is 0 Å². The molecule has 1 rings (SSSR count). The summed E-state index contributed by atoms with van der Waals surface area (Å²) in [7, 11) is 0. The summed E-state index contributed by atoms with van der Waals surface area (Å²) < 4.78 is 0. The molecule has 1 aliphatic carbocycles. The topological polar surface area (TPSA) is 12.0 Å². The summed E-state index contributed by atoms with van der Waals surface area (Å²) in [5.41, 5.74) is 0.606. The van der Waals surface area contributed by atoms with E-state index in [1.165, 1.54) is 64.3 Å². The highest BCUT2D eigenvalue weighted by Crippen LogP contribution is 2.35. The summed E-state index contributed by atoms with van der Waals surface area (Å²) in [6.07, 6.45) is 12.6. The molecule has 1 heteroatoms. The molecule has 0 bridgehead atoms. The van der Waals surface area contributed by atoms with Gasteiger partial charge >= 0.3 is 0 Å². The van der Waals surface area contributed by atoms with Crippen molar-refractivity contribution in [3.05, 3.63) is 0 Å². The van der Waals surface area contributed by atoms with Crippen LogP contribution in [0.15, 0.2) is 0 Å². The second-order valence-corrected chi connectivity index (χ2v) is 5.72. The third kappa shape index (κ3) is 4.86. The lowest BCUT2D eigenvalue weighted by Crippen LogP contribution is -2.35. The summed E-state index contributed by atoms with van der Waals surface area (Å²) in [5, 5.41) is 3.77. The molecule has 1 N–H and O–H groups in total. The van der Waals surface area contributed by atoms with Gasteiger partial charge in [0.15, 0.2) is 0 Å². The highest BCUT2D eigenvalue weighted by Gasteiger charge is 2.30. The molecule has 1 saturated carbocycles. The van der Waals surface area contributed by atoms with Crippen molar-refractivity contribution in [3.63, 3.8) is 0 Å². The molecular formula is C15H31N. The largest absolute Gasteiger partial charge is 0.313 e. The third-order valence-corrected chi connectivity index (χ3v) is 4.21. The highest BCUT2D eigenvalue weighted by atomic mass is 15.0. The number of nitrogens with one attached hydrogen (secondary N) is 1. The van der Waals surface area contributed by atoms with Gasteiger partial charge in [0.2, 0.25) is 0 Å². The van der Waals surface area contributed by atoms with E-state index in [0.29, 0.717) is 5.41 Å². The fourth-order valence-corrected chi connectivity index (χ4v) is 2.53. The molecule has 0 radical (unpaired) electrons. The number of hydrogen-bond acceptors (Lipinski definition) is 1. The molecule has 0 aromatic rings. The highest BCUT2D eigenvalue weighted by molar-refractivity contribution is 4.87. The van der Waals surface area contributed by atoms with Crippen LogP contribution in [0.4, 0.5) is 0 Å². The van der Waals surface area contributed by atoms with Crippen LogP contribution in [0.5, 0.6) is 0 Å². The van der Waals surface area contributed by atoms with Gasteiger partial charge < -0.3 is 5.32 Å². The molecule has 0 aromatic carbocycles. The van der Waals surface area contributed by atoms with Crippen LogP contribution < -0.4 is 5.32 Å². The standard InChI is InChI=1S/C15H31N/c1-4-7-11-15(6-3,12-8-5-2)13-16-14-9-10-14/h14,16H,4-13H2,1-3H3. The van der Waals surface area contributed by atoms with E-state index in [-0.39, 0.29) is 0 Å². The van der Waals surface area contributed by atoms with Gasteiger partial charge in [0.25, 0.3) is 0 Å². The Hall–Kier alpha value is -0.0400. The van der Waals surface area contributed by atoms with Crippen molar-refractivity contribution >= 4 is 0 Å². The molecule has 1 nitrogen and oxygen atoms in total. The number of hydrogen-bond donors (Lipinski definition) is 1. The zero-order valence-corrected chi connectivity index (χ0v) is 11.6. The van der Waals surface area contributed by atoms with Crippen molar-refractivity contribution in [1.29, 1.82) is 0 Å². The molecule has 0 amide bonds. The quantitative estimate of drug-likeness (QED) is 0.576. The van der Waals surface area contributed by atoms with Crippen molar-refractivity contribution in [2.45, 2.75) is 84.6 Å². The molecule has 1 fully saturated rings. The van der Waals surface area contributed by atoms with Crippen molar-refractivity contribution in [2.24, 2.45) is 5.41 Å². The molecule has 0 heterocycles. The van der Waals surface area contributed by atoms with Gasteiger partial charge in [0.05, 0.1) is 0 Å². The molecule has 0 unspecified atom stereocenters. The zero-order valence-electron chi connectivity index (χ0n) is 11.6. The minimum absolute atomic E-state index is 0.606. The zero-order chi connectivity index (χ0) is 11.9. The summed E-state index contributed by atoms with van der Waals surface area (Å²) >= 11 is 0. The second-order valence-electron chi connectivity index (χ2n) is 5.72. The second kappa shape index (κ2) is 7.32. The van der Waals surface area contributed by atoms with Gasteiger partial charge in [0, 0.05) is 12.6 Å². The molecule has 96 valence electrons. The van der Waals surface area contributed by atoms with Crippen LogP contribution in [-0.2, 0) is 0 Å². The Morgan fingerprint density at radius 3 is 1.94 bits per heavy atom. The van der Waals surface area contributed by atoms with E-state index >= 15 is 0 Å². The first-order valence-corrected chi connectivity index (χ1v) is 7.49. The molecular weight excluding hydrogens is 194 g/mol. The monoisotopic (exact) mass is 225 g/mol. The Bertz CT molecular complexity index is 164. The Morgan fingerprint density at radius 1 is 1.00 bits per heavy atom. The maximum atomic E-state index is 3.77. The lowest BCUT2D eigenvalue weighted by atomic mass is 9.76. The first kappa shape index (κ1) is 14.0. The smallest absolute Gasteiger partial charge is 0.00684 e. The SMILES string of the molecule is CCCCC(CC)(CCCC)CNC1CC1. The molecule has 0 atom stereocenters. The summed E-state index contributed by atoms with van der Waals surface area (Å²) in [6.45, 7) is 8.29. The maximum Gasteiger partial charge on any atom is 0.00684 e. The summed E-state index contributed by atoms with van der Waals surface area (Å²) in [6, 6.07) is 0.870. The van der Waals surface area contributed by atoms with Crippen molar-refractivity contribution in [2.75, 3.05) is 6.54 Å². The third-order valence-electron chi connectivity index (χ3n) is 4.21. The number of rotatable bonds is 10. The van der Waals surface area contributed by atoms with E-state index in [2.05, 4.69) is 26.1 Å². The Kier molecular flexibility index (Phi) is 6.41. The van der Waals surface area contributed by atoms with Crippen molar-refractivity contribution in [3.8, 4) is 0 Å². The Balaban J connectivity index is 2.39. The average Bonchev–Trinajstić information content (AvgIpc) is 3.13. The van der Waals surface area contributed by atoms with Crippen LogP contribution in [0.2, 0.25) is 0 Å². The van der Waals surface area contributed by atoms with E-state index in [4.69, 9.17) is 0 Å². The normalized spacial score (nSPS) is 16.7. The van der Waals surface area contributed by atoms with E-state index in [1.54, 1.807) is 0 Å². The van der Waals surface area contributed by atoms with E-state index in [0.717, 1.165) is 6.04 Å². The summed E-state index contributed by atoms with van der Waals surface area (Å²) in [5.74, 6) is 0. The fourth-order valence-electron chi connectivity index (χ4n) is 2.53.